The van der Waals surface area contributed by atoms with E-state index in [1.54, 1.807) is 18.2 Å². The molecule has 22 heavy (non-hydrogen) atoms. The molecular formula is C15H14O5S2. The maximum atomic E-state index is 12.4. The summed E-state index contributed by atoms with van der Waals surface area (Å²) < 4.78 is 41.1. The highest BCUT2D eigenvalue weighted by Crippen LogP contribution is 2.21. The summed E-state index contributed by atoms with van der Waals surface area (Å²) in [5.74, 6) is -0.847. The van der Waals surface area contributed by atoms with Gasteiger partial charge in [0.25, 0.3) is 0 Å². The van der Waals surface area contributed by atoms with E-state index in [0.29, 0.717) is 4.90 Å². The quantitative estimate of drug-likeness (QED) is 0.777. The molecule has 0 spiro atoms. The van der Waals surface area contributed by atoms with Crippen molar-refractivity contribution < 1.29 is 22.2 Å². The Balaban J connectivity index is 2.26. The molecule has 0 unspecified atom stereocenters. The first-order valence-electron chi connectivity index (χ1n) is 6.30. The van der Waals surface area contributed by atoms with Gasteiger partial charge in [0, 0.05) is 4.90 Å². The molecule has 0 saturated heterocycles. The van der Waals surface area contributed by atoms with Crippen molar-refractivity contribution in [2.75, 3.05) is 12.9 Å². The van der Waals surface area contributed by atoms with Gasteiger partial charge in [0.05, 0.1) is 27.7 Å². The average molecular weight is 338 g/mol. The van der Waals surface area contributed by atoms with Crippen LogP contribution in [0.25, 0.3) is 0 Å². The fraction of sp³-hybridized carbons (Fsp3) is 0.133. The maximum Gasteiger partial charge on any atom is 0.318 e. The van der Waals surface area contributed by atoms with E-state index >= 15 is 0 Å². The lowest BCUT2D eigenvalue weighted by Gasteiger charge is -2.06. The molecule has 0 aromatic heterocycles. The summed E-state index contributed by atoms with van der Waals surface area (Å²) in [6, 6.07) is 13.7. The van der Waals surface area contributed by atoms with Gasteiger partial charge in [-0.15, -0.1) is 0 Å². The van der Waals surface area contributed by atoms with Crippen LogP contribution in [-0.2, 0) is 30.2 Å². The molecule has 0 fully saturated rings. The molecule has 116 valence electrons. The molecule has 2 aromatic rings. The highest BCUT2D eigenvalue weighted by atomic mass is 32.2. The van der Waals surface area contributed by atoms with Crippen molar-refractivity contribution in [1.29, 1.82) is 0 Å². The molecule has 0 heterocycles. The third-order valence-electron chi connectivity index (χ3n) is 2.93. The lowest BCUT2D eigenvalue weighted by atomic mass is 10.4. The molecule has 2 aromatic carbocycles. The van der Waals surface area contributed by atoms with Crippen LogP contribution in [0.4, 0.5) is 0 Å². The summed E-state index contributed by atoms with van der Waals surface area (Å²) in [6.45, 7) is 0. The molecule has 5 nitrogen and oxygen atoms in total. The van der Waals surface area contributed by atoms with Gasteiger partial charge in [0.15, 0.2) is 0 Å². The summed E-state index contributed by atoms with van der Waals surface area (Å²) in [4.78, 5) is 11.8. The number of benzene rings is 2. The van der Waals surface area contributed by atoms with Crippen LogP contribution in [0.15, 0.2) is 69.3 Å². The normalized spacial score (nSPS) is 12.6. The summed E-state index contributed by atoms with van der Waals surface area (Å²) in [7, 11) is -3.94. The molecular weight excluding hydrogens is 324 g/mol. The molecule has 0 amide bonds. The molecule has 0 aliphatic carbocycles. The maximum absolute atomic E-state index is 12.4. The number of sulfone groups is 1. The van der Waals surface area contributed by atoms with Crippen LogP contribution in [0.3, 0.4) is 0 Å². The molecule has 1 atom stereocenters. The van der Waals surface area contributed by atoms with E-state index in [1.807, 2.05) is 0 Å². The van der Waals surface area contributed by atoms with Gasteiger partial charge in [0.2, 0.25) is 9.84 Å². The van der Waals surface area contributed by atoms with E-state index in [1.165, 1.54) is 43.5 Å². The molecule has 0 saturated carbocycles. The van der Waals surface area contributed by atoms with Crippen LogP contribution in [0.5, 0.6) is 0 Å². The van der Waals surface area contributed by atoms with Gasteiger partial charge in [-0.1, -0.05) is 18.2 Å². The Hall–Kier alpha value is -1.99. The van der Waals surface area contributed by atoms with Crippen molar-refractivity contribution in [3.63, 3.8) is 0 Å². The zero-order valence-corrected chi connectivity index (χ0v) is 13.4. The highest BCUT2D eigenvalue weighted by molar-refractivity contribution is 7.91. The van der Waals surface area contributed by atoms with Crippen LogP contribution in [0.2, 0.25) is 0 Å². The van der Waals surface area contributed by atoms with E-state index in [9.17, 15) is 17.4 Å². The highest BCUT2D eigenvalue weighted by Gasteiger charge is 2.18. The SMILES string of the molecule is COC(=O)C[S@](=O)c1ccc(S(=O)(=O)c2ccccc2)cc1. The van der Waals surface area contributed by atoms with Crippen molar-refractivity contribution in [2.45, 2.75) is 14.7 Å². The number of carbonyl (C=O) groups is 1. The lowest BCUT2D eigenvalue weighted by molar-refractivity contribution is -0.137. The minimum Gasteiger partial charge on any atom is -0.468 e. The van der Waals surface area contributed by atoms with Crippen molar-refractivity contribution in [3.05, 3.63) is 54.6 Å². The van der Waals surface area contributed by atoms with Crippen molar-refractivity contribution in [1.82, 2.24) is 0 Å². The number of methoxy groups -OCH3 is 1. The molecule has 7 heteroatoms. The van der Waals surface area contributed by atoms with Gasteiger partial charge in [-0.25, -0.2) is 8.42 Å². The van der Waals surface area contributed by atoms with Crippen LogP contribution < -0.4 is 0 Å². The number of esters is 1. The zero-order valence-electron chi connectivity index (χ0n) is 11.8. The Morgan fingerprint density at radius 1 is 1.00 bits per heavy atom. The van der Waals surface area contributed by atoms with Gasteiger partial charge in [-0.05, 0) is 36.4 Å². The number of hydrogen-bond acceptors (Lipinski definition) is 5. The van der Waals surface area contributed by atoms with Gasteiger partial charge in [-0.3, -0.25) is 9.00 Å². The Labute approximate surface area is 131 Å². The van der Waals surface area contributed by atoms with Crippen LogP contribution in [-0.4, -0.2) is 31.5 Å². The Kier molecular flexibility index (Phi) is 5.10. The third kappa shape index (κ3) is 3.61. The zero-order chi connectivity index (χ0) is 16.2. The molecule has 0 bridgehead atoms. The molecule has 0 aliphatic rings. The van der Waals surface area contributed by atoms with Gasteiger partial charge >= 0.3 is 5.97 Å². The van der Waals surface area contributed by atoms with Crippen molar-refractivity contribution in [2.24, 2.45) is 0 Å². The standard InChI is InChI=1S/C15H14O5S2/c1-20-15(16)11-21(17)12-7-9-14(10-8-12)22(18,19)13-5-3-2-4-6-13/h2-10H,11H2,1H3/t21-/m0/s1. The first-order valence-corrected chi connectivity index (χ1v) is 9.11. The summed E-state index contributed by atoms with van der Waals surface area (Å²) in [6.07, 6.45) is 0. The van der Waals surface area contributed by atoms with E-state index < -0.39 is 26.6 Å². The number of hydrogen-bond donors (Lipinski definition) is 0. The second kappa shape index (κ2) is 6.85. The summed E-state index contributed by atoms with van der Waals surface area (Å²) in [5, 5.41) is 0. The van der Waals surface area contributed by atoms with Crippen molar-refractivity contribution >= 4 is 26.6 Å². The largest absolute Gasteiger partial charge is 0.468 e. The van der Waals surface area contributed by atoms with Crippen LogP contribution in [0, 0.1) is 0 Å². The molecule has 2 rings (SSSR count). The number of ether oxygens (including phenoxy) is 1. The predicted molar refractivity (Wildman–Crippen MR) is 81.6 cm³/mol. The predicted octanol–water partition coefficient (Wildman–Crippen LogP) is 1.80. The van der Waals surface area contributed by atoms with E-state index in [0.717, 1.165) is 0 Å². The summed E-state index contributed by atoms with van der Waals surface area (Å²) >= 11 is 0. The van der Waals surface area contributed by atoms with Gasteiger partial charge < -0.3 is 4.74 Å². The van der Waals surface area contributed by atoms with Crippen molar-refractivity contribution in [3.8, 4) is 0 Å². The number of carbonyl (C=O) groups excluding carboxylic acids is 1. The number of rotatable bonds is 5. The van der Waals surface area contributed by atoms with Gasteiger partial charge in [0.1, 0.15) is 5.75 Å². The molecule has 0 aliphatic heterocycles. The lowest BCUT2D eigenvalue weighted by Crippen LogP contribution is -2.12. The Morgan fingerprint density at radius 2 is 1.55 bits per heavy atom. The second-order valence-corrected chi connectivity index (χ2v) is 7.75. The summed E-state index contributed by atoms with van der Waals surface area (Å²) in [5.41, 5.74) is 0. The van der Waals surface area contributed by atoms with E-state index in [-0.39, 0.29) is 15.5 Å². The van der Waals surface area contributed by atoms with Gasteiger partial charge in [-0.2, -0.15) is 0 Å². The Morgan fingerprint density at radius 3 is 2.09 bits per heavy atom. The fourth-order valence-electron chi connectivity index (χ4n) is 1.76. The Bertz CT molecular complexity index is 780. The monoisotopic (exact) mass is 338 g/mol. The van der Waals surface area contributed by atoms with E-state index in [2.05, 4.69) is 4.74 Å². The first kappa shape index (κ1) is 16.4. The van der Waals surface area contributed by atoms with E-state index in [4.69, 9.17) is 0 Å². The second-order valence-electron chi connectivity index (χ2n) is 4.35. The minimum atomic E-state index is -3.60. The molecule has 0 N–H and O–H groups in total. The topological polar surface area (TPSA) is 77.5 Å². The third-order valence-corrected chi connectivity index (χ3v) is 6.01. The first-order chi connectivity index (χ1) is 10.4. The smallest absolute Gasteiger partial charge is 0.318 e. The fourth-order valence-corrected chi connectivity index (χ4v) is 3.98. The minimum absolute atomic E-state index is 0.109. The molecule has 0 radical (unpaired) electrons. The van der Waals surface area contributed by atoms with Crippen LogP contribution in [0.1, 0.15) is 0 Å². The average Bonchev–Trinajstić information content (AvgIpc) is 2.55. The van der Waals surface area contributed by atoms with Crippen LogP contribution >= 0.6 is 0 Å².